The molecule has 0 radical (unpaired) electrons. The third kappa shape index (κ3) is 3.03. The first-order valence-electron chi connectivity index (χ1n) is 5.71. The van der Waals surface area contributed by atoms with Gasteiger partial charge in [0.2, 0.25) is 0 Å². The van der Waals surface area contributed by atoms with E-state index in [9.17, 15) is 17.6 Å². The average Bonchev–Trinajstić information content (AvgIpc) is 2.68. The lowest BCUT2D eigenvalue weighted by Crippen LogP contribution is -2.16. The Morgan fingerprint density at radius 1 is 1.38 bits per heavy atom. The van der Waals surface area contributed by atoms with Crippen LogP contribution in [0.15, 0.2) is 22.4 Å². The maximum Gasteiger partial charge on any atom is 0.340 e. The average molecular weight is 330 g/mol. The second-order valence-corrected chi connectivity index (χ2v) is 7.26. The summed E-state index contributed by atoms with van der Waals surface area (Å²) in [5, 5.41) is 9.55. The number of nitrogens with one attached hydrogen (secondary N) is 1. The van der Waals surface area contributed by atoms with Gasteiger partial charge in [0.25, 0.3) is 10.0 Å². The second kappa shape index (κ2) is 5.41. The summed E-state index contributed by atoms with van der Waals surface area (Å²) in [5.41, 5.74) is -0.744. The summed E-state index contributed by atoms with van der Waals surface area (Å²) in [7, 11) is -4.02. The van der Waals surface area contributed by atoms with Crippen LogP contribution < -0.4 is 4.72 Å². The lowest BCUT2D eigenvalue weighted by atomic mass is 10.2. The number of hydrogen-bond acceptors (Lipinski definition) is 5. The van der Waals surface area contributed by atoms with E-state index in [1.807, 2.05) is 0 Å². The molecule has 1 aromatic carbocycles. The maximum absolute atomic E-state index is 13.5. The van der Waals surface area contributed by atoms with Crippen LogP contribution in [0.2, 0.25) is 0 Å². The number of aromatic nitrogens is 1. The van der Waals surface area contributed by atoms with Crippen LogP contribution in [-0.2, 0) is 10.0 Å². The number of sulfonamides is 1. The number of carboxylic acid groups (broad SMARTS) is 1. The lowest BCUT2D eigenvalue weighted by molar-refractivity contribution is 0.0693. The first-order chi connectivity index (χ1) is 9.72. The summed E-state index contributed by atoms with van der Waals surface area (Å²) in [4.78, 5) is 15.1. The van der Waals surface area contributed by atoms with E-state index >= 15 is 0 Å². The van der Waals surface area contributed by atoms with Crippen LogP contribution in [0, 0.1) is 19.7 Å². The molecule has 0 amide bonds. The molecule has 21 heavy (non-hydrogen) atoms. The highest BCUT2D eigenvalue weighted by atomic mass is 32.2. The molecule has 2 N–H and O–H groups in total. The molecular formula is C12H11FN2O4S2. The Morgan fingerprint density at radius 3 is 2.57 bits per heavy atom. The Kier molecular flexibility index (Phi) is 3.97. The normalized spacial score (nSPS) is 11.4. The van der Waals surface area contributed by atoms with Gasteiger partial charge in [0, 0.05) is 0 Å². The van der Waals surface area contributed by atoms with Crippen molar-refractivity contribution < 1.29 is 22.7 Å². The van der Waals surface area contributed by atoms with Gasteiger partial charge in [0.05, 0.1) is 16.4 Å². The van der Waals surface area contributed by atoms with Crippen LogP contribution in [0.5, 0.6) is 0 Å². The Bertz CT molecular complexity index is 815. The lowest BCUT2D eigenvalue weighted by Gasteiger charge is -2.10. The molecule has 0 saturated heterocycles. The smallest absolute Gasteiger partial charge is 0.340 e. The summed E-state index contributed by atoms with van der Waals surface area (Å²) in [6, 6.07) is 3.36. The third-order valence-corrected chi connectivity index (χ3v) is 5.62. The van der Waals surface area contributed by atoms with Crippen molar-refractivity contribution in [1.82, 2.24) is 4.98 Å². The number of rotatable bonds is 4. The summed E-state index contributed by atoms with van der Waals surface area (Å²) in [5.74, 6) is -2.57. The van der Waals surface area contributed by atoms with Crippen LogP contribution in [0.4, 0.5) is 10.1 Å². The van der Waals surface area contributed by atoms with Gasteiger partial charge in [-0.3, -0.25) is 4.72 Å². The molecule has 2 aromatic rings. The Labute approximate surface area is 124 Å². The van der Waals surface area contributed by atoms with Gasteiger partial charge in [-0.05, 0) is 26.0 Å². The van der Waals surface area contributed by atoms with Gasteiger partial charge in [0.1, 0.15) is 11.4 Å². The van der Waals surface area contributed by atoms with Crippen molar-refractivity contribution in [1.29, 1.82) is 0 Å². The molecule has 6 nitrogen and oxygen atoms in total. The number of halogens is 1. The number of nitrogens with zero attached hydrogens (tertiary/aromatic N) is 1. The first kappa shape index (κ1) is 15.4. The monoisotopic (exact) mass is 330 g/mol. The largest absolute Gasteiger partial charge is 0.478 e. The molecule has 0 unspecified atom stereocenters. The Balaban J connectivity index is 2.50. The quantitative estimate of drug-likeness (QED) is 0.897. The summed E-state index contributed by atoms with van der Waals surface area (Å²) in [6.45, 7) is 3.18. The molecule has 0 bridgehead atoms. The van der Waals surface area contributed by atoms with Gasteiger partial charge in [0.15, 0.2) is 4.21 Å². The van der Waals surface area contributed by atoms with Crippen LogP contribution in [0.1, 0.15) is 21.1 Å². The summed E-state index contributed by atoms with van der Waals surface area (Å²) < 4.78 is 40.1. The molecule has 1 aromatic heterocycles. The molecule has 0 fully saturated rings. The van der Waals surface area contributed by atoms with Crippen LogP contribution >= 0.6 is 11.3 Å². The number of benzene rings is 1. The van der Waals surface area contributed by atoms with Crippen molar-refractivity contribution in [2.45, 2.75) is 18.1 Å². The van der Waals surface area contributed by atoms with E-state index in [0.29, 0.717) is 10.7 Å². The van der Waals surface area contributed by atoms with E-state index in [1.54, 1.807) is 6.92 Å². The number of hydrogen-bond donors (Lipinski definition) is 2. The number of aryl methyl sites for hydroxylation is 2. The van der Waals surface area contributed by atoms with Gasteiger partial charge in [-0.2, -0.15) is 0 Å². The minimum absolute atomic E-state index is 0.0272. The summed E-state index contributed by atoms with van der Waals surface area (Å²) >= 11 is 0.956. The number of aromatic carboxylic acids is 1. The zero-order valence-corrected chi connectivity index (χ0v) is 12.7. The topological polar surface area (TPSA) is 96.4 Å². The van der Waals surface area contributed by atoms with Gasteiger partial charge < -0.3 is 5.11 Å². The van der Waals surface area contributed by atoms with Gasteiger partial charge in [-0.15, -0.1) is 11.3 Å². The standard InChI is InChI=1S/C12H11FN2O4S2/c1-6-12(20-7(2)14-6)21(18,19)15-9-5-3-4-8(13)10(9)11(16)17/h3-5,15H,1-2H3,(H,16,17). The van der Waals surface area contributed by atoms with E-state index in [-0.39, 0.29) is 9.90 Å². The van der Waals surface area contributed by atoms with Crippen molar-refractivity contribution >= 4 is 33.0 Å². The van der Waals surface area contributed by atoms with Crippen molar-refractivity contribution in [2.75, 3.05) is 4.72 Å². The van der Waals surface area contributed by atoms with Crippen LogP contribution in [0.25, 0.3) is 0 Å². The van der Waals surface area contributed by atoms with Gasteiger partial charge >= 0.3 is 5.97 Å². The fourth-order valence-corrected chi connectivity index (χ4v) is 4.34. The van der Waals surface area contributed by atoms with Crippen molar-refractivity contribution in [3.8, 4) is 0 Å². The highest BCUT2D eigenvalue weighted by Gasteiger charge is 2.24. The SMILES string of the molecule is Cc1nc(C)c(S(=O)(=O)Nc2cccc(F)c2C(=O)O)s1. The van der Waals surface area contributed by atoms with Crippen LogP contribution in [-0.4, -0.2) is 24.5 Å². The van der Waals surface area contributed by atoms with Gasteiger partial charge in [-0.25, -0.2) is 22.6 Å². The van der Waals surface area contributed by atoms with E-state index in [1.165, 1.54) is 19.1 Å². The first-order valence-corrected chi connectivity index (χ1v) is 8.01. The van der Waals surface area contributed by atoms with Crippen LogP contribution in [0.3, 0.4) is 0 Å². The molecular weight excluding hydrogens is 319 g/mol. The fourth-order valence-electron chi connectivity index (χ4n) is 1.78. The van der Waals surface area contributed by atoms with E-state index in [2.05, 4.69) is 9.71 Å². The molecule has 112 valence electrons. The highest BCUT2D eigenvalue weighted by Crippen LogP contribution is 2.27. The predicted molar refractivity (Wildman–Crippen MR) is 75.8 cm³/mol. The third-order valence-electron chi connectivity index (χ3n) is 2.58. The fraction of sp³-hybridized carbons (Fsp3) is 0.167. The maximum atomic E-state index is 13.5. The molecule has 1 heterocycles. The minimum Gasteiger partial charge on any atom is -0.478 e. The Hall–Kier alpha value is -2.00. The van der Waals surface area contributed by atoms with Gasteiger partial charge in [-0.1, -0.05) is 6.07 Å². The van der Waals surface area contributed by atoms with E-state index < -0.39 is 27.4 Å². The number of carboxylic acids is 1. The molecule has 0 aliphatic rings. The van der Waals surface area contributed by atoms with E-state index in [0.717, 1.165) is 17.4 Å². The highest BCUT2D eigenvalue weighted by molar-refractivity contribution is 7.94. The molecule has 0 saturated carbocycles. The second-order valence-electron chi connectivity index (χ2n) is 4.18. The van der Waals surface area contributed by atoms with Crippen molar-refractivity contribution in [3.05, 3.63) is 40.3 Å². The van der Waals surface area contributed by atoms with Crippen molar-refractivity contribution in [3.63, 3.8) is 0 Å². The number of anilines is 1. The Morgan fingerprint density at radius 2 is 2.05 bits per heavy atom. The molecule has 0 aliphatic heterocycles. The summed E-state index contributed by atoms with van der Waals surface area (Å²) in [6.07, 6.45) is 0. The minimum atomic E-state index is -4.02. The zero-order chi connectivity index (χ0) is 15.8. The van der Waals surface area contributed by atoms with Crippen molar-refractivity contribution in [2.24, 2.45) is 0 Å². The molecule has 0 atom stereocenters. The van der Waals surface area contributed by atoms with E-state index in [4.69, 9.17) is 5.11 Å². The molecule has 9 heteroatoms. The molecule has 0 aliphatic carbocycles. The molecule has 0 spiro atoms. The zero-order valence-electron chi connectivity index (χ0n) is 11.0. The number of carbonyl (C=O) groups is 1. The predicted octanol–water partition coefficient (Wildman–Crippen LogP) is 2.40. The number of thiazole rings is 1. The molecule has 2 rings (SSSR count).